The van der Waals surface area contributed by atoms with E-state index >= 15 is 0 Å². The van der Waals surface area contributed by atoms with Crippen molar-refractivity contribution < 1.29 is 4.57 Å². The maximum Gasteiger partial charge on any atom is 0.287 e. The van der Waals surface area contributed by atoms with E-state index in [0.29, 0.717) is 5.92 Å². The van der Waals surface area contributed by atoms with Crippen molar-refractivity contribution >= 4 is 38.8 Å². The predicted octanol–water partition coefficient (Wildman–Crippen LogP) is 5.29. The van der Waals surface area contributed by atoms with Crippen molar-refractivity contribution in [3.8, 4) is 11.3 Å². The van der Waals surface area contributed by atoms with E-state index in [1.54, 1.807) is 0 Å². The van der Waals surface area contributed by atoms with Gasteiger partial charge in [-0.1, -0.05) is 13.8 Å². The van der Waals surface area contributed by atoms with Gasteiger partial charge in [-0.2, -0.15) is 0 Å². The molecule has 0 radical (unpaired) electrons. The zero-order valence-electron chi connectivity index (χ0n) is 17.3. The normalized spacial score (nSPS) is 13.8. The molecule has 1 aromatic carbocycles. The first-order valence-electron chi connectivity index (χ1n) is 9.81. The third-order valence-electron chi connectivity index (χ3n) is 6.01. The largest absolute Gasteiger partial charge is 0.303 e. The van der Waals surface area contributed by atoms with Gasteiger partial charge in [0, 0.05) is 23.7 Å². The lowest BCUT2D eigenvalue weighted by molar-refractivity contribution is -0.662. The van der Waals surface area contributed by atoms with Crippen LogP contribution in [0, 0.1) is 13.8 Å². The Morgan fingerprint density at radius 2 is 1.93 bits per heavy atom. The summed E-state index contributed by atoms with van der Waals surface area (Å²) in [6, 6.07) is 2.33. The molecule has 1 aliphatic heterocycles. The molecule has 0 bridgehead atoms. The summed E-state index contributed by atoms with van der Waals surface area (Å²) in [5.74, 6) is 1.62. The highest BCUT2D eigenvalue weighted by atomic mass is 32.1. The number of thiophene rings is 1. The maximum absolute atomic E-state index is 4.95. The predicted molar refractivity (Wildman–Crippen MR) is 117 cm³/mol. The van der Waals surface area contributed by atoms with Crippen molar-refractivity contribution in [3.63, 3.8) is 0 Å². The lowest BCUT2D eigenvalue weighted by atomic mass is 9.97. The number of imidazole rings is 1. The fourth-order valence-corrected chi connectivity index (χ4v) is 5.59. The number of fused-ring (bicyclic) bond motifs is 4. The fourth-order valence-electron chi connectivity index (χ4n) is 4.31. The summed E-state index contributed by atoms with van der Waals surface area (Å²) < 4.78 is 5.70. The van der Waals surface area contributed by atoms with Gasteiger partial charge in [-0.05, 0) is 59.8 Å². The number of allylic oxidation sites excluding steroid dienone is 1. The number of hydrogen-bond acceptors (Lipinski definition) is 3. The molecule has 5 rings (SSSR count). The molecule has 28 heavy (non-hydrogen) atoms. The first-order valence-corrected chi connectivity index (χ1v) is 10.7. The third kappa shape index (κ3) is 2.32. The molecule has 142 valence electrons. The molecule has 0 saturated heterocycles. The van der Waals surface area contributed by atoms with Gasteiger partial charge in [0.2, 0.25) is 5.52 Å². The number of aryl methyl sites for hydroxylation is 2. The lowest BCUT2D eigenvalue weighted by Gasteiger charge is -2.11. The molecule has 0 N–H and O–H groups in total. The number of rotatable bonds is 2. The fraction of sp³-hybridized carbons (Fsp3) is 0.348. The van der Waals surface area contributed by atoms with Crippen molar-refractivity contribution in [1.29, 1.82) is 0 Å². The quantitative estimate of drug-likeness (QED) is 0.436. The summed E-state index contributed by atoms with van der Waals surface area (Å²) in [6.45, 7) is 11.1. The SMILES string of the molecule is CC1=Cn2c(nc3c(C)c(C)c(-c4c5scc(C(C)C)c5nc[n+]4C)cc32)C1. The van der Waals surface area contributed by atoms with E-state index in [1.807, 2.05) is 17.7 Å². The lowest BCUT2D eigenvalue weighted by Crippen LogP contribution is -2.31. The van der Waals surface area contributed by atoms with Gasteiger partial charge in [0.05, 0.1) is 18.1 Å². The second-order valence-electron chi connectivity index (χ2n) is 8.32. The molecule has 0 saturated carbocycles. The molecule has 4 nitrogen and oxygen atoms in total. The number of aromatic nitrogens is 4. The molecule has 0 aliphatic carbocycles. The summed E-state index contributed by atoms with van der Waals surface area (Å²) in [5, 5.41) is 2.27. The Morgan fingerprint density at radius 1 is 1.14 bits per heavy atom. The Bertz CT molecular complexity index is 1300. The zero-order chi connectivity index (χ0) is 19.7. The van der Waals surface area contributed by atoms with Crippen LogP contribution >= 0.6 is 11.3 Å². The highest BCUT2D eigenvalue weighted by molar-refractivity contribution is 7.17. The van der Waals surface area contributed by atoms with Crippen LogP contribution in [0.2, 0.25) is 0 Å². The van der Waals surface area contributed by atoms with Gasteiger partial charge in [0.1, 0.15) is 10.5 Å². The van der Waals surface area contributed by atoms with Crippen LogP contribution in [0.3, 0.4) is 0 Å². The molecule has 3 aromatic heterocycles. The molecular weight excluding hydrogens is 364 g/mol. The Hall–Kier alpha value is -2.53. The van der Waals surface area contributed by atoms with Crippen LogP contribution < -0.4 is 4.57 Å². The molecule has 5 heteroatoms. The molecule has 4 heterocycles. The van der Waals surface area contributed by atoms with Crippen LogP contribution in [0.5, 0.6) is 0 Å². The standard InChI is InChI=1S/C23H25N4S/c1-12(2)17-10-28-23-21(17)24-11-26(6)22(23)16-8-18-20(15(5)14(16)4)25-19-7-13(3)9-27(18)19/h8-12H,7H2,1-6H3/q+1. The second kappa shape index (κ2) is 5.98. The monoisotopic (exact) mass is 389 g/mol. The van der Waals surface area contributed by atoms with Crippen molar-refractivity contribution in [2.75, 3.05) is 0 Å². The van der Waals surface area contributed by atoms with E-state index in [0.717, 1.165) is 23.3 Å². The summed E-state index contributed by atoms with van der Waals surface area (Å²) in [5.41, 5.74) is 11.3. The molecule has 0 fully saturated rings. The highest BCUT2D eigenvalue weighted by Crippen LogP contribution is 2.39. The van der Waals surface area contributed by atoms with Crippen molar-refractivity contribution in [1.82, 2.24) is 14.5 Å². The Morgan fingerprint density at radius 3 is 2.68 bits per heavy atom. The molecular formula is C23H25N4S+. The summed E-state index contributed by atoms with van der Waals surface area (Å²) in [4.78, 5) is 9.71. The average molecular weight is 390 g/mol. The van der Waals surface area contributed by atoms with Gasteiger partial charge in [-0.25, -0.2) is 9.55 Å². The Labute approximate surface area is 169 Å². The topological polar surface area (TPSA) is 34.6 Å². The van der Waals surface area contributed by atoms with E-state index in [4.69, 9.17) is 9.97 Å². The van der Waals surface area contributed by atoms with Gasteiger partial charge in [0.25, 0.3) is 6.33 Å². The van der Waals surface area contributed by atoms with Crippen LogP contribution in [0.1, 0.15) is 49.2 Å². The van der Waals surface area contributed by atoms with E-state index in [1.165, 1.54) is 43.7 Å². The molecule has 0 spiro atoms. The highest BCUT2D eigenvalue weighted by Gasteiger charge is 2.25. The van der Waals surface area contributed by atoms with Crippen LogP contribution in [-0.4, -0.2) is 14.5 Å². The number of nitrogens with zero attached hydrogens (tertiary/aromatic N) is 4. The second-order valence-corrected chi connectivity index (χ2v) is 9.20. The van der Waals surface area contributed by atoms with Crippen LogP contribution in [0.25, 0.3) is 38.7 Å². The van der Waals surface area contributed by atoms with Crippen LogP contribution in [-0.2, 0) is 13.5 Å². The van der Waals surface area contributed by atoms with Crippen molar-refractivity contribution in [2.45, 2.75) is 47.0 Å². The summed E-state index contributed by atoms with van der Waals surface area (Å²) in [7, 11) is 2.10. The van der Waals surface area contributed by atoms with E-state index in [9.17, 15) is 0 Å². The molecule has 4 aromatic rings. The minimum absolute atomic E-state index is 0.471. The van der Waals surface area contributed by atoms with E-state index in [-0.39, 0.29) is 0 Å². The molecule has 0 unspecified atom stereocenters. The maximum atomic E-state index is 4.95. The Balaban J connectivity index is 1.86. The Kier molecular flexibility index (Phi) is 3.75. The summed E-state index contributed by atoms with van der Waals surface area (Å²) in [6.07, 6.45) is 5.13. The van der Waals surface area contributed by atoms with E-state index < -0.39 is 0 Å². The van der Waals surface area contributed by atoms with Gasteiger partial charge in [-0.3, -0.25) is 0 Å². The zero-order valence-corrected chi connectivity index (χ0v) is 18.1. The average Bonchev–Trinajstić information content (AvgIpc) is 3.31. The molecule has 0 amide bonds. The minimum Gasteiger partial charge on any atom is -0.303 e. The van der Waals surface area contributed by atoms with Gasteiger partial charge in [-0.15, -0.1) is 11.3 Å². The molecule has 0 atom stereocenters. The molecule has 1 aliphatic rings. The van der Waals surface area contributed by atoms with Crippen LogP contribution in [0.15, 0.2) is 23.3 Å². The van der Waals surface area contributed by atoms with Gasteiger partial charge < -0.3 is 4.57 Å². The van der Waals surface area contributed by atoms with Gasteiger partial charge in [0.15, 0.2) is 5.69 Å². The van der Waals surface area contributed by atoms with E-state index in [2.05, 4.69) is 68.4 Å². The third-order valence-corrected chi connectivity index (χ3v) is 7.00. The van der Waals surface area contributed by atoms with Crippen LogP contribution in [0.4, 0.5) is 0 Å². The number of benzene rings is 1. The smallest absolute Gasteiger partial charge is 0.287 e. The van der Waals surface area contributed by atoms with Crippen molar-refractivity contribution in [2.24, 2.45) is 7.05 Å². The first kappa shape index (κ1) is 17.6. The summed E-state index contributed by atoms with van der Waals surface area (Å²) >= 11 is 1.81. The minimum atomic E-state index is 0.471. The number of hydrogen-bond donors (Lipinski definition) is 0. The van der Waals surface area contributed by atoms with Gasteiger partial charge >= 0.3 is 0 Å². The first-order chi connectivity index (χ1) is 13.4. The van der Waals surface area contributed by atoms with Crippen molar-refractivity contribution in [3.05, 3.63) is 45.9 Å².